The van der Waals surface area contributed by atoms with Gasteiger partial charge in [0.2, 0.25) is 0 Å². The first-order chi connectivity index (χ1) is 10.9. The van der Waals surface area contributed by atoms with Gasteiger partial charge in [0, 0.05) is 11.8 Å². The van der Waals surface area contributed by atoms with E-state index in [0.717, 1.165) is 22.3 Å². The SMILES string of the molecule is CC(C)(C)c1ccc(-c2cc(Cl)ncc2-c2ccccc2)cc1. The molecule has 0 unspecified atom stereocenters. The van der Waals surface area contributed by atoms with E-state index in [1.54, 1.807) is 0 Å². The Labute approximate surface area is 143 Å². The topological polar surface area (TPSA) is 12.9 Å². The van der Waals surface area contributed by atoms with Crippen molar-refractivity contribution in [2.75, 3.05) is 0 Å². The average molecular weight is 322 g/mol. The van der Waals surface area contributed by atoms with Crippen molar-refractivity contribution < 1.29 is 0 Å². The maximum atomic E-state index is 6.15. The lowest BCUT2D eigenvalue weighted by molar-refractivity contribution is 0.590. The van der Waals surface area contributed by atoms with Crippen LogP contribution in [0.4, 0.5) is 0 Å². The monoisotopic (exact) mass is 321 g/mol. The van der Waals surface area contributed by atoms with Crippen LogP contribution in [-0.2, 0) is 5.41 Å². The fourth-order valence-corrected chi connectivity index (χ4v) is 2.82. The smallest absolute Gasteiger partial charge is 0.129 e. The van der Waals surface area contributed by atoms with Crippen LogP contribution in [0.1, 0.15) is 26.3 Å². The van der Waals surface area contributed by atoms with Gasteiger partial charge in [-0.15, -0.1) is 0 Å². The van der Waals surface area contributed by atoms with E-state index in [0.29, 0.717) is 5.15 Å². The van der Waals surface area contributed by atoms with Crippen molar-refractivity contribution in [1.29, 1.82) is 0 Å². The molecule has 0 aliphatic heterocycles. The van der Waals surface area contributed by atoms with Crippen LogP contribution in [0.25, 0.3) is 22.3 Å². The molecule has 3 aromatic rings. The second-order valence-corrected chi connectivity index (χ2v) is 7.13. The number of halogens is 1. The van der Waals surface area contributed by atoms with E-state index in [4.69, 9.17) is 11.6 Å². The number of aromatic nitrogens is 1. The Bertz CT molecular complexity index is 799. The Morgan fingerprint density at radius 2 is 1.39 bits per heavy atom. The quantitative estimate of drug-likeness (QED) is 0.500. The summed E-state index contributed by atoms with van der Waals surface area (Å²) in [6.07, 6.45) is 1.85. The lowest BCUT2D eigenvalue weighted by Gasteiger charge is -2.19. The van der Waals surface area contributed by atoms with Crippen LogP contribution in [0.3, 0.4) is 0 Å². The molecule has 116 valence electrons. The molecule has 1 heterocycles. The summed E-state index contributed by atoms with van der Waals surface area (Å²) in [6.45, 7) is 6.67. The van der Waals surface area contributed by atoms with Gasteiger partial charge in [-0.25, -0.2) is 4.98 Å². The molecule has 0 spiro atoms. The van der Waals surface area contributed by atoms with E-state index in [-0.39, 0.29) is 5.41 Å². The van der Waals surface area contributed by atoms with E-state index in [9.17, 15) is 0 Å². The van der Waals surface area contributed by atoms with Crippen LogP contribution in [-0.4, -0.2) is 4.98 Å². The summed E-state index contributed by atoms with van der Waals surface area (Å²) >= 11 is 6.15. The summed E-state index contributed by atoms with van der Waals surface area (Å²) in [6, 6.07) is 20.9. The Morgan fingerprint density at radius 1 is 0.783 bits per heavy atom. The second kappa shape index (κ2) is 6.17. The minimum atomic E-state index is 0.149. The molecule has 0 bridgehead atoms. The largest absolute Gasteiger partial charge is 0.244 e. The number of hydrogen-bond donors (Lipinski definition) is 0. The highest BCUT2D eigenvalue weighted by molar-refractivity contribution is 6.29. The molecule has 0 saturated carbocycles. The van der Waals surface area contributed by atoms with Crippen molar-refractivity contribution in [3.05, 3.63) is 77.6 Å². The fraction of sp³-hybridized carbons (Fsp3) is 0.190. The van der Waals surface area contributed by atoms with Crippen molar-refractivity contribution in [2.45, 2.75) is 26.2 Å². The molecule has 3 rings (SSSR count). The third-order valence-electron chi connectivity index (χ3n) is 4.02. The van der Waals surface area contributed by atoms with Crippen LogP contribution in [0, 0.1) is 0 Å². The van der Waals surface area contributed by atoms with E-state index >= 15 is 0 Å². The van der Waals surface area contributed by atoms with Crippen molar-refractivity contribution >= 4 is 11.6 Å². The van der Waals surface area contributed by atoms with E-state index in [2.05, 4.69) is 62.2 Å². The number of hydrogen-bond acceptors (Lipinski definition) is 1. The van der Waals surface area contributed by atoms with Crippen LogP contribution < -0.4 is 0 Å². The van der Waals surface area contributed by atoms with Gasteiger partial charge < -0.3 is 0 Å². The predicted molar refractivity (Wildman–Crippen MR) is 98.8 cm³/mol. The average Bonchev–Trinajstić information content (AvgIpc) is 2.55. The summed E-state index contributed by atoms with van der Waals surface area (Å²) in [7, 11) is 0. The molecule has 23 heavy (non-hydrogen) atoms. The van der Waals surface area contributed by atoms with Crippen molar-refractivity contribution in [3.8, 4) is 22.3 Å². The highest BCUT2D eigenvalue weighted by Crippen LogP contribution is 2.34. The second-order valence-electron chi connectivity index (χ2n) is 6.75. The normalized spacial score (nSPS) is 11.5. The summed E-state index contributed by atoms with van der Waals surface area (Å²) in [5, 5.41) is 0.513. The molecule has 2 heteroatoms. The fourth-order valence-electron chi connectivity index (χ4n) is 2.67. The molecule has 1 nitrogen and oxygen atoms in total. The Hall–Kier alpha value is -2.12. The van der Waals surface area contributed by atoms with Gasteiger partial charge >= 0.3 is 0 Å². The van der Waals surface area contributed by atoms with Crippen molar-refractivity contribution in [3.63, 3.8) is 0 Å². The van der Waals surface area contributed by atoms with Gasteiger partial charge in [-0.3, -0.25) is 0 Å². The van der Waals surface area contributed by atoms with Gasteiger partial charge in [0.1, 0.15) is 5.15 Å². The van der Waals surface area contributed by atoms with E-state index in [1.807, 2.05) is 30.5 Å². The zero-order chi connectivity index (χ0) is 16.4. The minimum absolute atomic E-state index is 0.149. The Morgan fingerprint density at radius 3 is 2.00 bits per heavy atom. The summed E-state index contributed by atoms with van der Waals surface area (Å²) in [5.74, 6) is 0. The standard InChI is InChI=1S/C21H20ClN/c1-21(2,3)17-11-9-16(10-12-17)18-13-20(22)23-14-19(18)15-7-5-4-6-8-15/h4-14H,1-3H3. The number of pyridine rings is 1. The molecule has 0 saturated heterocycles. The summed E-state index contributed by atoms with van der Waals surface area (Å²) in [5.41, 5.74) is 5.97. The molecule has 1 aromatic heterocycles. The summed E-state index contributed by atoms with van der Waals surface area (Å²) in [4.78, 5) is 4.26. The number of nitrogens with zero attached hydrogens (tertiary/aromatic N) is 1. The molecule has 0 amide bonds. The van der Waals surface area contributed by atoms with Gasteiger partial charge in [-0.05, 0) is 33.7 Å². The first kappa shape index (κ1) is 15.8. The number of benzene rings is 2. The minimum Gasteiger partial charge on any atom is -0.244 e. The maximum Gasteiger partial charge on any atom is 0.129 e. The van der Waals surface area contributed by atoms with E-state index in [1.165, 1.54) is 5.56 Å². The lowest BCUT2D eigenvalue weighted by atomic mass is 9.86. The molecule has 0 aliphatic rings. The molecular formula is C21H20ClN. The molecule has 0 atom stereocenters. The highest BCUT2D eigenvalue weighted by atomic mass is 35.5. The molecule has 0 N–H and O–H groups in total. The summed E-state index contributed by atoms with van der Waals surface area (Å²) < 4.78 is 0. The van der Waals surface area contributed by atoms with Gasteiger partial charge in [0.05, 0.1) is 0 Å². The molecule has 0 fully saturated rings. The maximum absolute atomic E-state index is 6.15. The van der Waals surface area contributed by atoms with Gasteiger partial charge in [-0.1, -0.05) is 87.0 Å². The predicted octanol–water partition coefficient (Wildman–Crippen LogP) is 6.37. The van der Waals surface area contributed by atoms with Crippen LogP contribution in [0.2, 0.25) is 5.15 Å². The van der Waals surface area contributed by atoms with Crippen LogP contribution in [0.15, 0.2) is 66.9 Å². The Kier molecular flexibility index (Phi) is 4.23. The van der Waals surface area contributed by atoms with Gasteiger partial charge in [0.15, 0.2) is 0 Å². The lowest BCUT2D eigenvalue weighted by Crippen LogP contribution is -2.10. The zero-order valence-corrected chi connectivity index (χ0v) is 14.4. The van der Waals surface area contributed by atoms with Crippen molar-refractivity contribution in [1.82, 2.24) is 4.98 Å². The molecule has 0 aliphatic carbocycles. The molecule has 0 radical (unpaired) electrons. The third kappa shape index (κ3) is 3.46. The van der Waals surface area contributed by atoms with Crippen molar-refractivity contribution in [2.24, 2.45) is 0 Å². The Balaban J connectivity index is 2.11. The van der Waals surface area contributed by atoms with Crippen LogP contribution >= 0.6 is 11.6 Å². The van der Waals surface area contributed by atoms with Crippen LogP contribution in [0.5, 0.6) is 0 Å². The third-order valence-corrected chi connectivity index (χ3v) is 4.22. The first-order valence-electron chi connectivity index (χ1n) is 7.77. The molecular weight excluding hydrogens is 302 g/mol. The first-order valence-corrected chi connectivity index (χ1v) is 8.15. The number of rotatable bonds is 2. The highest BCUT2D eigenvalue weighted by Gasteiger charge is 2.14. The van der Waals surface area contributed by atoms with Gasteiger partial charge in [0.25, 0.3) is 0 Å². The van der Waals surface area contributed by atoms with Gasteiger partial charge in [-0.2, -0.15) is 0 Å². The molecule has 2 aromatic carbocycles. The van der Waals surface area contributed by atoms with E-state index < -0.39 is 0 Å². The zero-order valence-electron chi connectivity index (χ0n) is 13.7.